The molecule has 0 aliphatic rings. The van der Waals surface area contributed by atoms with Gasteiger partial charge in [0, 0.05) is 0 Å². The van der Waals surface area contributed by atoms with Gasteiger partial charge in [0.05, 0.1) is 10.0 Å². The van der Waals surface area contributed by atoms with Crippen molar-refractivity contribution in [3.05, 3.63) is 25.8 Å². The third-order valence-corrected chi connectivity index (χ3v) is 3.55. The molecular formula is C8Cl4F3NO2. The summed E-state index contributed by atoms with van der Waals surface area (Å²) < 4.78 is 45.4. The summed E-state index contributed by atoms with van der Waals surface area (Å²) in [5.41, 5.74) is -0.530. The quantitative estimate of drug-likeness (QED) is 0.382. The van der Waals surface area contributed by atoms with Crippen LogP contribution in [-0.4, -0.2) is 6.30 Å². The lowest BCUT2D eigenvalue weighted by Gasteiger charge is -2.00. The maximum Gasteiger partial charge on any atom is 0.509 e. The summed E-state index contributed by atoms with van der Waals surface area (Å²) in [5.74, 6) is -1.06. The summed E-state index contributed by atoms with van der Waals surface area (Å²) in [6.45, 7) is 0. The van der Waals surface area contributed by atoms with Crippen LogP contribution in [0, 0.1) is 0 Å². The van der Waals surface area contributed by atoms with Crippen LogP contribution in [0.1, 0.15) is 0 Å². The van der Waals surface area contributed by atoms with Crippen LogP contribution < -0.4 is 5.75 Å². The first-order valence-corrected chi connectivity index (χ1v) is 5.60. The predicted octanol–water partition coefficient (Wildman–Crippen LogP) is 5.06. The molecule has 0 unspecified atom stereocenters. The first-order chi connectivity index (χ1) is 8.20. The first kappa shape index (κ1) is 13.9. The minimum absolute atomic E-state index is 0.154. The summed E-state index contributed by atoms with van der Waals surface area (Å²) in [6.07, 6.45) is -4.86. The van der Waals surface area contributed by atoms with Gasteiger partial charge in [-0.05, 0) is 0 Å². The predicted molar refractivity (Wildman–Crippen MR) is 60.1 cm³/mol. The van der Waals surface area contributed by atoms with E-state index in [1.807, 2.05) is 0 Å². The van der Waals surface area contributed by atoms with Crippen molar-refractivity contribution in [2.45, 2.75) is 6.30 Å². The molecule has 1 heterocycles. The van der Waals surface area contributed by atoms with Crippen LogP contribution in [0.4, 0.5) is 13.2 Å². The molecule has 1 aromatic carbocycles. The summed E-state index contributed by atoms with van der Waals surface area (Å²) in [5, 5.41) is -0.736. The van der Waals surface area contributed by atoms with Crippen molar-refractivity contribution in [1.29, 1.82) is 0 Å². The van der Waals surface area contributed by atoms with Crippen LogP contribution in [0.15, 0.2) is 13.8 Å². The van der Waals surface area contributed by atoms with Crippen molar-refractivity contribution in [2.24, 2.45) is 4.99 Å². The molecule has 0 spiro atoms. The van der Waals surface area contributed by atoms with Crippen LogP contribution in [0.3, 0.4) is 0 Å². The van der Waals surface area contributed by atoms with Crippen molar-refractivity contribution >= 4 is 57.6 Å². The summed E-state index contributed by atoms with van der Waals surface area (Å²) in [6, 6.07) is 0. The van der Waals surface area contributed by atoms with Gasteiger partial charge in [-0.2, -0.15) is 0 Å². The molecule has 2 rings (SSSR count). The Bertz CT molecular complexity index is 640. The largest absolute Gasteiger partial charge is 0.509 e. The Morgan fingerprint density at radius 2 is 1.17 bits per heavy atom. The maximum absolute atomic E-state index is 12.0. The van der Waals surface area contributed by atoms with Crippen LogP contribution in [0.5, 0.6) is 0 Å². The summed E-state index contributed by atoms with van der Waals surface area (Å²) in [4.78, 5) is 2.23. The Kier molecular flexibility index (Phi) is 3.48. The van der Waals surface area contributed by atoms with E-state index in [1.165, 1.54) is 0 Å². The molecule has 98 valence electrons. The van der Waals surface area contributed by atoms with Crippen LogP contribution >= 0.6 is 46.4 Å². The maximum atomic E-state index is 12.0. The van der Waals surface area contributed by atoms with Gasteiger partial charge >= 0.3 is 12.1 Å². The second-order valence-electron chi connectivity index (χ2n) is 2.96. The average Bonchev–Trinajstić information content (AvgIpc) is 2.65. The number of nitrogens with zero attached hydrogens (tertiary/aromatic N) is 1. The number of benzene rings is 1. The molecule has 2 aromatic rings. The average molecular weight is 341 g/mol. The van der Waals surface area contributed by atoms with E-state index in [4.69, 9.17) is 46.4 Å². The van der Waals surface area contributed by atoms with Crippen LogP contribution in [-0.2, 0) is 0 Å². The number of rotatable bonds is 0. The highest BCUT2D eigenvalue weighted by molar-refractivity contribution is 6.54. The number of hydrogen-bond acceptors (Lipinski definition) is 3. The molecule has 1 aromatic heterocycles. The Morgan fingerprint density at radius 3 is 1.50 bits per heavy atom. The van der Waals surface area contributed by atoms with E-state index < -0.39 is 12.1 Å². The Balaban J connectivity index is 2.85. The Hall–Kier alpha value is -0.560. The fourth-order valence-electron chi connectivity index (χ4n) is 1.12. The highest BCUT2D eigenvalue weighted by Crippen LogP contribution is 2.42. The van der Waals surface area contributed by atoms with E-state index in [-0.39, 0.29) is 31.3 Å². The van der Waals surface area contributed by atoms with E-state index in [0.717, 1.165) is 0 Å². The van der Waals surface area contributed by atoms with Crippen molar-refractivity contribution in [3.8, 4) is 0 Å². The number of fused-ring (bicyclic) bond motifs is 1. The molecule has 0 saturated heterocycles. The van der Waals surface area contributed by atoms with E-state index in [1.54, 1.807) is 0 Å². The molecule has 0 aliphatic heterocycles. The molecule has 0 N–H and O–H groups in total. The molecular weight excluding hydrogens is 341 g/mol. The van der Waals surface area contributed by atoms with Gasteiger partial charge in [0.15, 0.2) is 11.2 Å². The molecule has 0 aliphatic carbocycles. The lowest BCUT2D eigenvalue weighted by molar-refractivity contribution is -0.126. The van der Waals surface area contributed by atoms with Gasteiger partial charge in [0.2, 0.25) is 0 Å². The monoisotopic (exact) mass is 339 g/mol. The molecule has 3 nitrogen and oxygen atoms in total. The number of hydrogen-bond donors (Lipinski definition) is 0. The van der Waals surface area contributed by atoms with Gasteiger partial charge in [-0.1, -0.05) is 46.4 Å². The van der Waals surface area contributed by atoms with E-state index in [9.17, 15) is 13.2 Å². The minimum atomic E-state index is -4.86. The molecule has 0 amide bonds. The summed E-state index contributed by atoms with van der Waals surface area (Å²) >= 11 is 22.9. The van der Waals surface area contributed by atoms with Gasteiger partial charge in [-0.3, -0.25) is 0 Å². The summed E-state index contributed by atoms with van der Waals surface area (Å²) in [7, 11) is 0. The van der Waals surface area contributed by atoms with Crippen LogP contribution in [0.2, 0.25) is 20.1 Å². The minimum Gasteiger partial charge on any atom is -0.405 e. The number of halogens is 7. The van der Waals surface area contributed by atoms with Crippen molar-refractivity contribution in [1.82, 2.24) is 0 Å². The van der Waals surface area contributed by atoms with E-state index >= 15 is 0 Å². The van der Waals surface area contributed by atoms with Gasteiger partial charge in [-0.15, -0.1) is 18.2 Å². The Morgan fingerprint density at radius 1 is 0.778 bits per heavy atom. The molecule has 0 fully saturated rings. The molecule has 18 heavy (non-hydrogen) atoms. The topological polar surface area (TPSA) is 38.6 Å². The second kappa shape index (κ2) is 4.52. The molecule has 0 bridgehead atoms. The Labute approximate surface area is 117 Å². The lowest BCUT2D eigenvalue weighted by atomic mass is 10.3. The standard InChI is InChI=1S/C8Cl4F3NO2/c9-1-2(10)4(12)6-5(3(1)11)17-7(18-6)16-8(13,14)15. The number of alkyl halides is 3. The first-order valence-electron chi connectivity index (χ1n) is 4.09. The molecule has 10 heteroatoms. The highest BCUT2D eigenvalue weighted by Gasteiger charge is 2.28. The van der Waals surface area contributed by atoms with Crippen molar-refractivity contribution in [3.63, 3.8) is 0 Å². The third kappa shape index (κ3) is 2.42. The lowest BCUT2D eigenvalue weighted by Crippen LogP contribution is -2.09. The molecule has 0 saturated carbocycles. The zero-order chi connectivity index (χ0) is 13.7. The normalized spacial score (nSPS) is 12.2. The van der Waals surface area contributed by atoms with Gasteiger partial charge in [0.1, 0.15) is 10.0 Å². The van der Waals surface area contributed by atoms with Gasteiger partial charge in [-0.25, -0.2) is 0 Å². The van der Waals surface area contributed by atoms with Crippen LogP contribution in [0.25, 0.3) is 11.2 Å². The SMILES string of the molecule is FC(F)(F)N=c1oc2c(Cl)c(Cl)c(Cl)c(Cl)c2o1. The zero-order valence-electron chi connectivity index (χ0n) is 7.91. The van der Waals surface area contributed by atoms with Gasteiger partial charge in [0.25, 0.3) is 0 Å². The van der Waals surface area contributed by atoms with Gasteiger partial charge < -0.3 is 8.83 Å². The third-order valence-electron chi connectivity index (χ3n) is 1.78. The van der Waals surface area contributed by atoms with E-state index in [2.05, 4.69) is 13.8 Å². The fraction of sp³-hybridized carbons (Fsp3) is 0.125. The molecule has 0 radical (unpaired) electrons. The molecule has 0 atom stereocenters. The second-order valence-corrected chi connectivity index (χ2v) is 4.48. The fourth-order valence-corrected chi connectivity index (χ4v) is 2.01. The van der Waals surface area contributed by atoms with Crippen molar-refractivity contribution < 1.29 is 22.0 Å². The van der Waals surface area contributed by atoms with E-state index in [0.29, 0.717) is 0 Å². The zero-order valence-corrected chi connectivity index (χ0v) is 10.9. The smallest absolute Gasteiger partial charge is 0.405 e. The highest BCUT2D eigenvalue weighted by atomic mass is 35.5. The van der Waals surface area contributed by atoms with Crippen molar-refractivity contribution in [2.75, 3.05) is 0 Å².